The number of urea groups is 1. The fraction of sp³-hybridized carbons (Fsp3) is 0.400. The Morgan fingerprint density at radius 2 is 2.25 bits per heavy atom. The molecule has 126 valence electrons. The molecule has 1 aromatic heterocycles. The zero-order valence-corrected chi connectivity index (χ0v) is 13.3. The predicted molar refractivity (Wildman–Crippen MR) is 86.5 cm³/mol. The molecule has 2 aromatic rings. The van der Waals surface area contributed by atoms with Crippen molar-refractivity contribution in [1.82, 2.24) is 30.4 Å². The average molecular weight is 329 g/mol. The SMILES string of the molecule is CCNC(=O)[C@H]1CCN(C(=O)Nc2cccc(-n3cnnn3)c2)C1. The van der Waals surface area contributed by atoms with Crippen molar-refractivity contribution in [1.29, 1.82) is 0 Å². The first-order valence-corrected chi connectivity index (χ1v) is 7.84. The van der Waals surface area contributed by atoms with E-state index in [0.29, 0.717) is 31.7 Å². The Hall–Kier alpha value is -2.97. The van der Waals surface area contributed by atoms with E-state index in [0.717, 1.165) is 5.69 Å². The van der Waals surface area contributed by atoms with Crippen molar-refractivity contribution in [2.45, 2.75) is 13.3 Å². The molecule has 1 aliphatic rings. The number of amides is 3. The second-order valence-corrected chi connectivity index (χ2v) is 5.56. The van der Waals surface area contributed by atoms with Crippen molar-refractivity contribution in [2.24, 2.45) is 5.92 Å². The normalized spacial score (nSPS) is 16.9. The fourth-order valence-corrected chi connectivity index (χ4v) is 2.69. The number of rotatable bonds is 4. The molecule has 1 aliphatic heterocycles. The lowest BCUT2D eigenvalue weighted by Crippen LogP contribution is -2.36. The van der Waals surface area contributed by atoms with E-state index in [1.807, 2.05) is 19.1 Å². The zero-order valence-electron chi connectivity index (χ0n) is 13.3. The summed E-state index contributed by atoms with van der Waals surface area (Å²) in [7, 11) is 0. The third-order valence-corrected chi connectivity index (χ3v) is 3.91. The number of benzene rings is 1. The van der Waals surface area contributed by atoms with Crippen LogP contribution < -0.4 is 10.6 Å². The maximum absolute atomic E-state index is 12.4. The van der Waals surface area contributed by atoms with Crippen molar-refractivity contribution in [3.63, 3.8) is 0 Å². The Kier molecular flexibility index (Phi) is 4.69. The smallest absolute Gasteiger partial charge is 0.321 e. The van der Waals surface area contributed by atoms with Crippen LogP contribution in [0.3, 0.4) is 0 Å². The highest BCUT2D eigenvalue weighted by Crippen LogP contribution is 2.19. The van der Waals surface area contributed by atoms with Crippen LogP contribution in [0.15, 0.2) is 30.6 Å². The van der Waals surface area contributed by atoms with Gasteiger partial charge in [0.05, 0.1) is 11.6 Å². The Balaban J connectivity index is 1.61. The van der Waals surface area contributed by atoms with Gasteiger partial charge in [-0.3, -0.25) is 4.79 Å². The van der Waals surface area contributed by atoms with Gasteiger partial charge >= 0.3 is 6.03 Å². The van der Waals surface area contributed by atoms with Crippen molar-refractivity contribution < 1.29 is 9.59 Å². The van der Waals surface area contributed by atoms with E-state index in [1.54, 1.807) is 17.0 Å². The molecular formula is C15H19N7O2. The molecule has 9 heteroatoms. The van der Waals surface area contributed by atoms with Crippen LogP contribution in [-0.2, 0) is 4.79 Å². The predicted octanol–water partition coefficient (Wildman–Crippen LogP) is 0.652. The van der Waals surface area contributed by atoms with E-state index in [9.17, 15) is 9.59 Å². The van der Waals surface area contributed by atoms with Gasteiger partial charge in [0.2, 0.25) is 5.91 Å². The molecule has 0 radical (unpaired) electrons. The summed E-state index contributed by atoms with van der Waals surface area (Å²) in [5.41, 5.74) is 1.40. The number of hydrogen-bond acceptors (Lipinski definition) is 5. The van der Waals surface area contributed by atoms with Crippen LogP contribution in [0.1, 0.15) is 13.3 Å². The molecule has 0 aliphatic carbocycles. The third-order valence-electron chi connectivity index (χ3n) is 3.91. The van der Waals surface area contributed by atoms with Gasteiger partial charge in [0.1, 0.15) is 6.33 Å². The number of tetrazole rings is 1. The molecule has 0 unspecified atom stereocenters. The first kappa shape index (κ1) is 15.9. The highest BCUT2D eigenvalue weighted by atomic mass is 16.2. The molecule has 0 bridgehead atoms. The summed E-state index contributed by atoms with van der Waals surface area (Å²) in [6.07, 6.45) is 2.17. The van der Waals surface area contributed by atoms with E-state index in [2.05, 4.69) is 26.2 Å². The van der Waals surface area contributed by atoms with E-state index >= 15 is 0 Å². The minimum atomic E-state index is -0.212. The van der Waals surface area contributed by atoms with Crippen molar-refractivity contribution in [3.8, 4) is 5.69 Å². The second kappa shape index (κ2) is 7.07. The Morgan fingerprint density at radius 1 is 1.38 bits per heavy atom. The van der Waals surface area contributed by atoms with Crippen molar-refractivity contribution in [2.75, 3.05) is 25.0 Å². The highest BCUT2D eigenvalue weighted by molar-refractivity contribution is 5.90. The van der Waals surface area contributed by atoms with Gasteiger partial charge in [-0.2, -0.15) is 0 Å². The largest absolute Gasteiger partial charge is 0.356 e. The number of likely N-dealkylation sites (tertiary alicyclic amines) is 1. The molecule has 0 spiro atoms. The van der Waals surface area contributed by atoms with Gasteiger partial charge in [-0.15, -0.1) is 5.10 Å². The lowest BCUT2D eigenvalue weighted by molar-refractivity contribution is -0.124. The molecule has 24 heavy (non-hydrogen) atoms. The minimum absolute atomic E-state index is 0.00785. The van der Waals surface area contributed by atoms with Crippen LogP contribution in [0.25, 0.3) is 5.69 Å². The van der Waals surface area contributed by atoms with Gasteiger partial charge in [0.25, 0.3) is 0 Å². The first-order chi connectivity index (χ1) is 11.7. The molecule has 3 rings (SSSR count). The van der Waals surface area contributed by atoms with Crippen LogP contribution in [-0.4, -0.2) is 56.7 Å². The number of nitrogens with zero attached hydrogens (tertiary/aromatic N) is 5. The summed E-state index contributed by atoms with van der Waals surface area (Å²) < 4.78 is 1.51. The topological polar surface area (TPSA) is 105 Å². The van der Waals surface area contributed by atoms with E-state index < -0.39 is 0 Å². The van der Waals surface area contributed by atoms with Crippen LogP contribution in [0.2, 0.25) is 0 Å². The third kappa shape index (κ3) is 3.50. The van der Waals surface area contributed by atoms with E-state index in [-0.39, 0.29) is 17.9 Å². The monoisotopic (exact) mass is 329 g/mol. The molecule has 0 saturated carbocycles. The summed E-state index contributed by atoms with van der Waals surface area (Å²) in [5, 5.41) is 16.7. The molecule has 1 saturated heterocycles. The maximum Gasteiger partial charge on any atom is 0.321 e. The van der Waals surface area contributed by atoms with E-state index in [1.165, 1.54) is 11.0 Å². The number of carbonyl (C=O) groups excluding carboxylic acids is 2. The Bertz CT molecular complexity index is 716. The molecule has 9 nitrogen and oxygen atoms in total. The van der Waals surface area contributed by atoms with Crippen LogP contribution in [0.5, 0.6) is 0 Å². The fourth-order valence-electron chi connectivity index (χ4n) is 2.69. The zero-order chi connectivity index (χ0) is 16.9. The molecular weight excluding hydrogens is 310 g/mol. The van der Waals surface area contributed by atoms with Crippen LogP contribution in [0, 0.1) is 5.92 Å². The summed E-state index contributed by atoms with van der Waals surface area (Å²) in [4.78, 5) is 25.9. The van der Waals surface area contributed by atoms with Gasteiger partial charge in [-0.05, 0) is 42.0 Å². The maximum atomic E-state index is 12.4. The molecule has 1 aromatic carbocycles. The quantitative estimate of drug-likeness (QED) is 0.857. The number of anilines is 1. The molecule has 2 heterocycles. The minimum Gasteiger partial charge on any atom is -0.356 e. The van der Waals surface area contributed by atoms with Crippen molar-refractivity contribution in [3.05, 3.63) is 30.6 Å². The van der Waals surface area contributed by atoms with Gasteiger partial charge in [0, 0.05) is 25.3 Å². The molecule has 1 atom stereocenters. The number of carbonyl (C=O) groups is 2. The molecule has 3 amide bonds. The molecule has 2 N–H and O–H groups in total. The lowest BCUT2D eigenvalue weighted by atomic mass is 10.1. The van der Waals surface area contributed by atoms with Gasteiger partial charge in [0.15, 0.2) is 0 Å². The summed E-state index contributed by atoms with van der Waals surface area (Å²) >= 11 is 0. The highest BCUT2D eigenvalue weighted by Gasteiger charge is 2.30. The second-order valence-electron chi connectivity index (χ2n) is 5.56. The summed E-state index contributed by atoms with van der Waals surface area (Å²) in [6.45, 7) is 3.49. The number of nitrogens with one attached hydrogen (secondary N) is 2. The number of hydrogen-bond donors (Lipinski definition) is 2. The van der Waals surface area contributed by atoms with Gasteiger partial charge in [-0.1, -0.05) is 6.07 Å². The van der Waals surface area contributed by atoms with E-state index in [4.69, 9.17) is 0 Å². The standard InChI is InChI=1S/C15H19N7O2/c1-2-16-14(23)11-6-7-21(9-11)15(24)18-12-4-3-5-13(8-12)22-10-17-19-20-22/h3-5,8,10-11H,2,6-7,9H2,1H3,(H,16,23)(H,18,24)/t11-/m0/s1. The Labute approximate surface area is 139 Å². The van der Waals surface area contributed by atoms with Gasteiger partial charge in [-0.25, -0.2) is 9.48 Å². The van der Waals surface area contributed by atoms with Crippen molar-refractivity contribution >= 4 is 17.6 Å². The van der Waals surface area contributed by atoms with Crippen LogP contribution >= 0.6 is 0 Å². The Morgan fingerprint density at radius 3 is 3.00 bits per heavy atom. The summed E-state index contributed by atoms with van der Waals surface area (Å²) in [6, 6.07) is 7.02. The lowest BCUT2D eigenvalue weighted by Gasteiger charge is -2.17. The molecule has 1 fully saturated rings. The number of aromatic nitrogens is 4. The van der Waals surface area contributed by atoms with Gasteiger partial charge < -0.3 is 15.5 Å². The van der Waals surface area contributed by atoms with Crippen LogP contribution in [0.4, 0.5) is 10.5 Å². The first-order valence-electron chi connectivity index (χ1n) is 7.84. The average Bonchev–Trinajstić information content (AvgIpc) is 3.27. The summed E-state index contributed by atoms with van der Waals surface area (Å²) in [5.74, 6) is -0.128.